The number of aromatic nitrogens is 1. The van der Waals surface area contributed by atoms with E-state index < -0.39 is 0 Å². The number of methoxy groups -OCH3 is 1. The summed E-state index contributed by atoms with van der Waals surface area (Å²) in [6.45, 7) is 1.94. The summed E-state index contributed by atoms with van der Waals surface area (Å²) in [6, 6.07) is 12.6. The third-order valence-electron chi connectivity index (χ3n) is 4.78. The molecule has 1 amide bonds. The first-order chi connectivity index (χ1) is 12.1. The van der Waals surface area contributed by atoms with Crippen LogP contribution in [0.25, 0.3) is 22.2 Å². The van der Waals surface area contributed by atoms with E-state index in [2.05, 4.69) is 46.9 Å². The number of H-pyrrole nitrogens is 1. The fraction of sp³-hybridized carbons (Fsp3) is 0.250. The molecule has 2 N–H and O–H groups in total. The van der Waals surface area contributed by atoms with E-state index in [4.69, 9.17) is 4.74 Å². The van der Waals surface area contributed by atoms with Gasteiger partial charge in [0.25, 0.3) is 0 Å². The largest absolute Gasteiger partial charge is 0.496 e. The third kappa shape index (κ3) is 2.68. The summed E-state index contributed by atoms with van der Waals surface area (Å²) in [4.78, 5) is 15.3. The minimum Gasteiger partial charge on any atom is -0.496 e. The van der Waals surface area contributed by atoms with Crippen LogP contribution in [0, 0.1) is 0 Å². The molecule has 1 aliphatic heterocycles. The highest BCUT2D eigenvalue weighted by atomic mass is 32.2. The van der Waals surface area contributed by atoms with Crippen LogP contribution in [0.2, 0.25) is 0 Å². The van der Waals surface area contributed by atoms with Gasteiger partial charge >= 0.3 is 0 Å². The van der Waals surface area contributed by atoms with Crippen molar-refractivity contribution in [3.8, 4) is 17.0 Å². The summed E-state index contributed by atoms with van der Waals surface area (Å²) >= 11 is 1.79. The Balaban J connectivity index is 1.79. The number of benzene rings is 2. The number of ether oxygens (including phenoxy) is 1. The van der Waals surface area contributed by atoms with E-state index in [1.54, 1.807) is 18.9 Å². The van der Waals surface area contributed by atoms with Gasteiger partial charge in [-0.25, -0.2) is 0 Å². The SMILES string of the molecule is COc1cc(CSC)ccc1-c1cc2cc3c(cc2[nH]1)NC(=O)C3C. The lowest BCUT2D eigenvalue weighted by Crippen LogP contribution is -2.08. The molecular formula is C20H20N2O2S. The van der Waals surface area contributed by atoms with Gasteiger partial charge in [-0.3, -0.25) is 4.79 Å². The number of carbonyl (C=O) groups excluding carboxylic acids is 1. The number of aromatic amines is 1. The smallest absolute Gasteiger partial charge is 0.231 e. The molecular weight excluding hydrogens is 332 g/mol. The molecule has 0 radical (unpaired) electrons. The second-order valence-corrected chi connectivity index (χ2v) is 7.25. The second-order valence-electron chi connectivity index (χ2n) is 6.39. The number of fused-ring (bicyclic) bond motifs is 2. The van der Waals surface area contributed by atoms with Crippen LogP contribution in [0.1, 0.15) is 24.0 Å². The zero-order valence-corrected chi connectivity index (χ0v) is 15.3. The minimum atomic E-state index is -0.0990. The number of anilines is 1. The molecule has 1 aliphatic rings. The van der Waals surface area contributed by atoms with Gasteiger partial charge in [-0.15, -0.1) is 0 Å². The van der Waals surface area contributed by atoms with Crippen molar-refractivity contribution in [3.05, 3.63) is 47.5 Å². The molecule has 0 spiro atoms. The molecule has 4 nitrogen and oxygen atoms in total. The standard InChI is InChI=1S/C20H20N2O2S/c1-11-15-7-13-8-17(21-16(13)9-18(15)22-20(11)23)14-5-4-12(10-25-3)6-19(14)24-2/h4-9,11,21H,10H2,1-3H3,(H,22,23). The first-order valence-electron chi connectivity index (χ1n) is 8.24. The van der Waals surface area contributed by atoms with Crippen LogP contribution in [-0.2, 0) is 10.5 Å². The molecule has 1 atom stereocenters. The van der Waals surface area contributed by atoms with Gasteiger partial charge in [0, 0.05) is 27.9 Å². The molecule has 5 heteroatoms. The topological polar surface area (TPSA) is 54.1 Å². The van der Waals surface area contributed by atoms with E-state index in [-0.39, 0.29) is 11.8 Å². The summed E-state index contributed by atoms with van der Waals surface area (Å²) in [5.41, 5.74) is 6.29. The highest BCUT2D eigenvalue weighted by Crippen LogP contribution is 2.38. The first-order valence-corrected chi connectivity index (χ1v) is 9.64. The maximum atomic E-state index is 11.8. The van der Waals surface area contributed by atoms with E-state index in [0.29, 0.717) is 0 Å². The van der Waals surface area contributed by atoms with Crippen LogP contribution in [-0.4, -0.2) is 24.3 Å². The minimum absolute atomic E-state index is 0.0638. The van der Waals surface area contributed by atoms with Crippen molar-refractivity contribution in [2.45, 2.75) is 18.6 Å². The Labute approximate surface area is 151 Å². The monoisotopic (exact) mass is 352 g/mol. The summed E-state index contributed by atoms with van der Waals surface area (Å²) in [6.07, 6.45) is 2.09. The number of thioether (sulfide) groups is 1. The van der Waals surface area contributed by atoms with Crippen molar-refractivity contribution in [2.24, 2.45) is 0 Å². The van der Waals surface area contributed by atoms with Crippen molar-refractivity contribution < 1.29 is 9.53 Å². The van der Waals surface area contributed by atoms with Crippen molar-refractivity contribution in [2.75, 3.05) is 18.7 Å². The molecule has 0 aliphatic carbocycles. The molecule has 0 saturated carbocycles. The molecule has 128 valence electrons. The molecule has 2 heterocycles. The van der Waals surface area contributed by atoms with E-state index in [0.717, 1.165) is 44.9 Å². The lowest BCUT2D eigenvalue weighted by molar-refractivity contribution is -0.116. The molecule has 4 rings (SSSR count). The zero-order valence-electron chi connectivity index (χ0n) is 14.5. The molecule has 2 aromatic carbocycles. The van der Waals surface area contributed by atoms with E-state index in [1.807, 2.05) is 13.0 Å². The normalized spacial score (nSPS) is 16.1. The lowest BCUT2D eigenvalue weighted by Gasteiger charge is -2.09. The number of hydrogen-bond donors (Lipinski definition) is 2. The van der Waals surface area contributed by atoms with Gasteiger partial charge in [0.2, 0.25) is 5.91 Å². The fourth-order valence-corrected chi connectivity index (χ4v) is 3.92. The van der Waals surface area contributed by atoms with Gasteiger partial charge < -0.3 is 15.0 Å². The number of nitrogens with one attached hydrogen (secondary N) is 2. The van der Waals surface area contributed by atoms with Crippen molar-refractivity contribution in [3.63, 3.8) is 0 Å². The van der Waals surface area contributed by atoms with Gasteiger partial charge in [-0.1, -0.05) is 6.07 Å². The molecule has 1 unspecified atom stereocenters. The average molecular weight is 352 g/mol. The predicted molar refractivity (Wildman–Crippen MR) is 105 cm³/mol. The third-order valence-corrected chi connectivity index (χ3v) is 5.40. The summed E-state index contributed by atoms with van der Waals surface area (Å²) in [7, 11) is 1.70. The lowest BCUT2D eigenvalue weighted by atomic mass is 10.0. The zero-order chi connectivity index (χ0) is 17.6. The van der Waals surface area contributed by atoms with Crippen molar-refractivity contribution in [1.82, 2.24) is 4.98 Å². The second kappa shape index (κ2) is 6.15. The Morgan fingerprint density at radius 2 is 2.04 bits per heavy atom. The Hall–Kier alpha value is -2.40. The van der Waals surface area contributed by atoms with Gasteiger partial charge in [-0.05, 0) is 54.6 Å². The first kappa shape index (κ1) is 16.1. The van der Waals surface area contributed by atoms with Crippen molar-refractivity contribution >= 4 is 34.3 Å². The Morgan fingerprint density at radius 1 is 1.20 bits per heavy atom. The molecule has 0 saturated heterocycles. The van der Waals surface area contributed by atoms with E-state index in [1.165, 1.54) is 5.56 Å². The fourth-order valence-electron chi connectivity index (χ4n) is 3.41. The molecule has 1 aromatic heterocycles. The quantitative estimate of drug-likeness (QED) is 0.712. The van der Waals surface area contributed by atoms with Crippen LogP contribution < -0.4 is 10.1 Å². The average Bonchev–Trinajstić information content (AvgIpc) is 3.14. The summed E-state index contributed by atoms with van der Waals surface area (Å²) < 4.78 is 5.61. The maximum absolute atomic E-state index is 11.8. The van der Waals surface area contributed by atoms with E-state index in [9.17, 15) is 4.79 Å². The van der Waals surface area contributed by atoms with Gasteiger partial charge in [0.1, 0.15) is 5.75 Å². The van der Waals surface area contributed by atoms with Crippen LogP contribution in [0.4, 0.5) is 5.69 Å². The Morgan fingerprint density at radius 3 is 2.80 bits per heavy atom. The van der Waals surface area contributed by atoms with Crippen molar-refractivity contribution in [1.29, 1.82) is 0 Å². The highest BCUT2D eigenvalue weighted by Gasteiger charge is 2.27. The molecule has 3 aromatic rings. The van der Waals surface area contributed by atoms with E-state index >= 15 is 0 Å². The molecule has 0 fully saturated rings. The highest BCUT2D eigenvalue weighted by molar-refractivity contribution is 7.97. The predicted octanol–water partition coefficient (Wildman–Crippen LogP) is 4.76. The number of rotatable bonds is 4. The van der Waals surface area contributed by atoms with Crippen LogP contribution >= 0.6 is 11.8 Å². The van der Waals surface area contributed by atoms with Crippen LogP contribution in [0.5, 0.6) is 5.75 Å². The number of carbonyl (C=O) groups is 1. The number of hydrogen-bond acceptors (Lipinski definition) is 3. The maximum Gasteiger partial charge on any atom is 0.231 e. The Bertz CT molecular complexity index is 977. The Kier molecular flexibility index (Phi) is 3.96. The van der Waals surface area contributed by atoms with Crippen LogP contribution in [0.15, 0.2) is 36.4 Å². The summed E-state index contributed by atoms with van der Waals surface area (Å²) in [5, 5.41) is 4.05. The number of amides is 1. The summed E-state index contributed by atoms with van der Waals surface area (Å²) in [5.74, 6) is 1.80. The molecule has 25 heavy (non-hydrogen) atoms. The molecule has 0 bridgehead atoms. The van der Waals surface area contributed by atoms with Crippen LogP contribution in [0.3, 0.4) is 0 Å². The van der Waals surface area contributed by atoms with Gasteiger partial charge in [-0.2, -0.15) is 11.8 Å². The van der Waals surface area contributed by atoms with Gasteiger partial charge in [0.05, 0.1) is 18.7 Å². The van der Waals surface area contributed by atoms with Gasteiger partial charge in [0.15, 0.2) is 0 Å².